The highest BCUT2D eigenvalue weighted by Crippen LogP contribution is 2.15. The Morgan fingerprint density at radius 3 is 2.89 bits per heavy atom. The van der Waals surface area contributed by atoms with Crippen molar-refractivity contribution in [3.05, 3.63) is 18.3 Å². The van der Waals surface area contributed by atoms with E-state index in [9.17, 15) is 0 Å². The normalized spacial score (nSPS) is 12.8. The fraction of sp³-hybridized carbons (Fsp3) is 0.615. The fourth-order valence-corrected chi connectivity index (χ4v) is 2.12. The van der Waals surface area contributed by atoms with Gasteiger partial charge in [-0.25, -0.2) is 0 Å². The molecule has 2 rings (SSSR count). The van der Waals surface area contributed by atoms with E-state index in [1.54, 1.807) is 10.9 Å². The summed E-state index contributed by atoms with van der Waals surface area (Å²) < 4.78 is 7.04. The van der Waals surface area contributed by atoms with Crippen molar-refractivity contribution in [2.24, 2.45) is 7.05 Å². The predicted octanol–water partition coefficient (Wildman–Crippen LogP) is 1.79. The molecule has 0 aliphatic heterocycles. The third kappa shape index (κ3) is 3.64. The molecule has 6 heteroatoms. The minimum Gasteiger partial charge on any atom is -0.339 e. The van der Waals surface area contributed by atoms with Crippen molar-refractivity contribution in [2.75, 3.05) is 6.54 Å². The summed E-state index contributed by atoms with van der Waals surface area (Å²) in [4.78, 5) is 4.43. The van der Waals surface area contributed by atoms with Crippen molar-refractivity contribution in [1.29, 1.82) is 0 Å². The van der Waals surface area contributed by atoms with Crippen molar-refractivity contribution in [3.63, 3.8) is 0 Å². The first-order chi connectivity index (χ1) is 9.22. The van der Waals surface area contributed by atoms with Crippen LogP contribution in [0.5, 0.6) is 0 Å². The zero-order valence-electron chi connectivity index (χ0n) is 11.8. The molecule has 2 aromatic rings. The Balaban J connectivity index is 2.03. The second-order valence-corrected chi connectivity index (χ2v) is 4.66. The number of likely N-dealkylation sites (N-methyl/N-ethyl adjacent to an activating group) is 1. The molecule has 0 aromatic carbocycles. The topological polar surface area (TPSA) is 68.8 Å². The van der Waals surface area contributed by atoms with Gasteiger partial charge in [0.2, 0.25) is 11.7 Å². The summed E-state index contributed by atoms with van der Waals surface area (Å²) in [6, 6.07) is 0.400. The molecular formula is C13H21N5O. The first-order valence-electron chi connectivity index (χ1n) is 6.77. The van der Waals surface area contributed by atoms with Crippen molar-refractivity contribution >= 4 is 0 Å². The Morgan fingerprint density at radius 2 is 2.26 bits per heavy atom. The maximum absolute atomic E-state index is 5.31. The molecule has 0 aliphatic rings. The third-order valence-corrected chi connectivity index (χ3v) is 2.98. The molecule has 0 radical (unpaired) electrons. The van der Waals surface area contributed by atoms with Gasteiger partial charge in [-0.05, 0) is 13.0 Å². The highest BCUT2D eigenvalue weighted by molar-refractivity contribution is 5.50. The van der Waals surface area contributed by atoms with Gasteiger partial charge < -0.3 is 9.84 Å². The molecule has 19 heavy (non-hydrogen) atoms. The standard InChI is InChI=1S/C13H21N5O/c1-4-6-11(14-5-2)7-12-16-13(17-19-12)10-8-15-18(3)9-10/h8-9,11,14H,4-7H2,1-3H3. The largest absolute Gasteiger partial charge is 0.339 e. The smallest absolute Gasteiger partial charge is 0.228 e. The average Bonchev–Trinajstić information content (AvgIpc) is 2.99. The maximum Gasteiger partial charge on any atom is 0.228 e. The number of nitrogens with zero attached hydrogens (tertiary/aromatic N) is 4. The molecule has 2 aromatic heterocycles. The van der Waals surface area contributed by atoms with E-state index >= 15 is 0 Å². The molecule has 6 nitrogen and oxygen atoms in total. The van der Waals surface area contributed by atoms with Crippen molar-refractivity contribution in [1.82, 2.24) is 25.2 Å². The van der Waals surface area contributed by atoms with Crippen LogP contribution in [0.1, 0.15) is 32.6 Å². The summed E-state index contributed by atoms with van der Waals surface area (Å²) in [5.41, 5.74) is 0.882. The van der Waals surface area contributed by atoms with E-state index < -0.39 is 0 Å². The Bertz CT molecular complexity index is 499. The molecule has 0 bridgehead atoms. The van der Waals surface area contributed by atoms with Gasteiger partial charge in [-0.2, -0.15) is 10.1 Å². The fourth-order valence-electron chi connectivity index (χ4n) is 2.12. The maximum atomic E-state index is 5.31. The van der Waals surface area contributed by atoms with Crippen molar-refractivity contribution < 1.29 is 4.52 Å². The minimum atomic E-state index is 0.400. The number of hydrogen-bond donors (Lipinski definition) is 1. The Labute approximate surface area is 113 Å². The van der Waals surface area contributed by atoms with E-state index in [2.05, 4.69) is 34.4 Å². The zero-order valence-corrected chi connectivity index (χ0v) is 11.8. The van der Waals surface area contributed by atoms with Gasteiger partial charge in [-0.15, -0.1) is 0 Å². The van der Waals surface area contributed by atoms with Gasteiger partial charge in [0, 0.05) is 25.7 Å². The van der Waals surface area contributed by atoms with Crippen LogP contribution in [0.3, 0.4) is 0 Å². The number of aromatic nitrogens is 4. The molecule has 2 heterocycles. The molecule has 1 N–H and O–H groups in total. The SMILES string of the molecule is CCCC(Cc1nc(-c2cnn(C)c2)no1)NCC. The summed E-state index contributed by atoms with van der Waals surface area (Å²) in [5.74, 6) is 1.29. The van der Waals surface area contributed by atoms with Gasteiger partial charge in [0.1, 0.15) is 0 Å². The molecule has 104 valence electrons. The Hall–Kier alpha value is -1.69. The van der Waals surface area contributed by atoms with Gasteiger partial charge in [0.15, 0.2) is 0 Å². The van der Waals surface area contributed by atoms with Crippen LogP contribution in [-0.2, 0) is 13.5 Å². The minimum absolute atomic E-state index is 0.400. The van der Waals surface area contributed by atoms with Crippen LogP contribution >= 0.6 is 0 Å². The molecule has 0 saturated carbocycles. The third-order valence-electron chi connectivity index (χ3n) is 2.98. The first kappa shape index (κ1) is 13.7. The first-order valence-corrected chi connectivity index (χ1v) is 6.77. The second kappa shape index (κ2) is 6.47. The summed E-state index contributed by atoms with van der Waals surface area (Å²) >= 11 is 0. The van der Waals surface area contributed by atoms with Crippen LogP contribution in [0.15, 0.2) is 16.9 Å². The van der Waals surface area contributed by atoms with Gasteiger partial charge in [0.25, 0.3) is 0 Å². The molecule has 0 saturated heterocycles. The Morgan fingerprint density at radius 1 is 1.42 bits per heavy atom. The lowest BCUT2D eigenvalue weighted by atomic mass is 10.1. The van der Waals surface area contributed by atoms with Crippen LogP contribution in [0.25, 0.3) is 11.4 Å². The lowest BCUT2D eigenvalue weighted by Crippen LogP contribution is -2.30. The summed E-state index contributed by atoms with van der Waals surface area (Å²) in [5, 5.41) is 11.6. The summed E-state index contributed by atoms with van der Waals surface area (Å²) in [7, 11) is 1.87. The van der Waals surface area contributed by atoms with Crippen LogP contribution in [0.2, 0.25) is 0 Å². The van der Waals surface area contributed by atoms with Crippen LogP contribution in [0.4, 0.5) is 0 Å². The quantitative estimate of drug-likeness (QED) is 0.824. The molecule has 0 fully saturated rings. The molecule has 0 aliphatic carbocycles. The number of hydrogen-bond acceptors (Lipinski definition) is 5. The highest BCUT2D eigenvalue weighted by Gasteiger charge is 2.14. The molecule has 1 unspecified atom stereocenters. The van der Waals surface area contributed by atoms with Crippen LogP contribution in [0, 0.1) is 0 Å². The molecular weight excluding hydrogens is 242 g/mol. The van der Waals surface area contributed by atoms with Gasteiger partial charge in [-0.1, -0.05) is 25.4 Å². The monoisotopic (exact) mass is 263 g/mol. The predicted molar refractivity (Wildman–Crippen MR) is 72.6 cm³/mol. The number of aryl methyl sites for hydroxylation is 1. The van der Waals surface area contributed by atoms with Crippen LogP contribution in [-0.4, -0.2) is 32.5 Å². The summed E-state index contributed by atoms with van der Waals surface area (Å²) in [6.07, 6.45) is 6.64. The van der Waals surface area contributed by atoms with Gasteiger partial charge in [-0.3, -0.25) is 4.68 Å². The van der Waals surface area contributed by atoms with E-state index in [-0.39, 0.29) is 0 Å². The van der Waals surface area contributed by atoms with E-state index in [1.807, 2.05) is 13.2 Å². The van der Waals surface area contributed by atoms with E-state index in [4.69, 9.17) is 4.52 Å². The number of nitrogens with one attached hydrogen (secondary N) is 1. The van der Waals surface area contributed by atoms with Crippen LogP contribution < -0.4 is 5.32 Å². The van der Waals surface area contributed by atoms with Gasteiger partial charge >= 0.3 is 0 Å². The van der Waals surface area contributed by atoms with Crippen molar-refractivity contribution in [3.8, 4) is 11.4 Å². The molecule has 1 atom stereocenters. The highest BCUT2D eigenvalue weighted by atomic mass is 16.5. The zero-order chi connectivity index (χ0) is 13.7. The summed E-state index contributed by atoms with van der Waals surface area (Å²) in [6.45, 7) is 5.24. The lowest BCUT2D eigenvalue weighted by Gasteiger charge is -2.14. The van der Waals surface area contributed by atoms with E-state index in [1.165, 1.54) is 0 Å². The number of rotatable bonds is 7. The van der Waals surface area contributed by atoms with E-state index in [0.717, 1.165) is 31.4 Å². The van der Waals surface area contributed by atoms with Crippen molar-refractivity contribution in [2.45, 2.75) is 39.2 Å². The lowest BCUT2D eigenvalue weighted by molar-refractivity contribution is 0.352. The second-order valence-electron chi connectivity index (χ2n) is 4.66. The molecule has 0 amide bonds. The average molecular weight is 263 g/mol. The van der Waals surface area contributed by atoms with E-state index in [0.29, 0.717) is 17.8 Å². The molecule has 0 spiro atoms. The van der Waals surface area contributed by atoms with Gasteiger partial charge in [0.05, 0.1) is 11.8 Å². The Kier molecular flexibility index (Phi) is 4.68.